The zero-order chi connectivity index (χ0) is 41.4. The van der Waals surface area contributed by atoms with Crippen LogP contribution in [0.5, 0.6) is 0 Å². The summed E-state index contributed by atoms with van der Waals surface area (Å²) in [5.74, 6) is 1.33. The monoisotopic (exact) mass is 806 g/mol. The maximum absolute atomic E-state index is 6.70. The van der Waals surface area contributed by atoms with Gasteiger partial charge in [-0.05, 0) is 82.9 Å². The lowest BCUT2D eigenvalue weighted by Gasteiger charge is -2.32. The number of rotatable bonds is 6. The summed E-state index contributed by atoms with van der Waals surface area (Å²) in [6, 6.07) is 74.7. The first kappa shape index (κ1) is 35.3. The largest absolute Gasteiger partial charge is 0.456 e. The maximum Gasteiger partial charge on any atom is 0.137 e. The molecule has 6 heteroatoms. The smallest absolute Gasteiger partial charge is 0.137 e. The third kappa shape index (κ3) is 5.58. The predicted molar refractivity (Wildman–Crippen MR) is 260 cm³/mol. The molecular weight excluding hydrogens is 771 g/mol. The van der Waals surface area contributed by atoms with Gasteiger partial charge in [0.25, 0.3) is 0 Å². The first-order chi connectivity index (χ1) is 31.2. The fourth-order valence-electron chi connectivity index (χ4n) is 9.67. The van der Waals surface area contributed by atoms with Gasteiger partial charge in [-0.2, -0.15) is 0 Å². The molecule has 1 atom stereocenters. The molecular formula is C57H36N5O-. The lowest BCUT2D eigenvalue weighted by molar-refractivity contribution is 0.669. The number of furan rings is 1. The van der Waals surface area contributed by atoms with E-state index in [2.05, 4.69) is 173 Å². The van der Waals surface area contributed by atoms with E-state index in [-0.39, 0.29) is 0 Å². The van der Waals surface area contributed by atoms with Gasteiger partial charge >= 0.3 is 0 Å². The summed E-state index contributed by atoms with van der Waals surface area (Å²) in [4.78, 5) is 10.1. The van der Waals surface area contributed by atoms with Crippen molar-refractivity contribution in [1.82, 2.24) is 9.13 Å². The van der Waals surface area contributed by atoms with E-state index in [0.29, 0.717) is 11.7 Å². The van der Waals surface area contributed by atoms with Gasteiger partial charge in [-0.3, -0.25) is 4.99 Å². The molecule has 0 spiro atoms. The number of benzene rings is 9. The Balaban J connectivity index is 0.997. The minimum absolute atomic E-state index is 0.396. The first-order valence-corrected chi connectivity index (χ1v) is 21.3. The van der Waals surface area contributed by atoms with Gasteiger partial charge in [-0.15, -0.1) is 0 Å². The first-order valence-electron chi connectivity index (χ1n) is 21.3. The van der Waals surface area contributed by atoms with Gasteiger partial charge in [0.15, 0.2) is 0 Å². The molecule has 0 fully saturated rings. The van der Waals surface area contributed by atoms with Gasteiger partial charge in [-0.1, -0.05) is 157 Å². The molecule has 6 nitrogen and oxygen atoms in total. The number of aromatic nitrogens is 2. The Labute approximate surface area is 362 Å². The molecule has 296 valence electrons. The van der Waals surface area contributed by atoms with Crippen LogP contribution in [0.2, 0.25) is 0 Å². The lowest BCUT2D eigenvalue weighted by atomic mass is 9.99. The Hall–Kier alpha value is -8.48. The van der Waals surface area contributed by atoms with E-state index in [9.17, 15) is 0 Å². The van der Waals surface area contributed by atoms with Gasteiger partial charge < -0.3 is 23.9 Å². The van der Waals surface area contributed by atoms with E-state index in [1.54, 1.807) is 0 Å². The molecule has 0 saturated heterocycles. The van der Waals surface area contributed by atoms with Crippen molar-refractivity contribution in [3.8, 4) is 22.5 Å². The van der Waals surface area contributed by atoms with E-state index >= 15 is 0 Å². The van der Waals surface area contributed by atoms with Crippen LogP contribution in [0.15, 0.2) is 227 Å². The summed E-state index contributed by atoms with van der Waals surface area (Å²) in [5, 5.41) is 12.0. The molecule has 1 aliphatic heterocycles. The second-order valence-electron chi connectivity index (χ2n) is 16.1. The molecule has 12 aromatic rings. The molecule has 13 rings (SSSR count). The van der Waals surface area contributed by atoms with Gasteiger partial charge in [0.05, 0.1) is 39.5 Å². The van der Waals surface area contributed by atoms with Crippen LogP contribution in [0.3, 0.4) is 0 Å². The van der Waals surface area contributed by atoms with Crippen LogP contribution in [0, 0.1) is 0 Å². The van der Waals surface area contributed by atoms with Crippen LogP contribution in [-0.4, -0.2) is 20.8 Å². The van der Waals surface area contributed by atoms with Crippen LogP contribution < -0.4 is 0 Å². The quantitative estimate of drug-likeness (QED) is 0.165. The fraction of sp³-hybridized carbons (Fsp3) is 0.0175. The van der Waals surface area contributed by atoms with Gasteiger partial charge in [0.1, 0.15) is 11.2 Å². The maximum atomic E-state index is 6.70. The van der Waals surface area contributed by atoms with Crippen molar-refractivity contribution < 1.29 is 4.42 Å². The molecule has 0 amide bonds. The van der Waals surface area contributed by atoms with Crippen molar-refractivity contribution in [1.29, 1.82) is 0 Å². The standard InChI is InChI=1S/C57H36N5O/c1-4-15-36(16-5-1)55-58-56(37-17-6-2-7-18-37)60-57(59-55)38-27-30-41(31-28-38)62-49-26-13-11-22-44(49)46-32-34-51-52(54(46)62)47-35-39(29-33-50(47)63-51)42-23-14-24-45-43-21-10-12-25-48(43)61(53(42)45)40-19-8-3-9-20-40/h1-35,55H/q-1. The van der Waals surface area contributed by atoms with E-state index in [4.69, 9.17) is 19.7 Å². The van der Waals surface area contributed by atoms with Gasteiger partial charge in [0.2, 0.25) is 0 Å². The number of para-hydroxylation sites is 4. The third-order valence-corrected chi connectivity index (χ3v) is 12.5. The molecule has 3 aromatic heterocycles. The van der Waals surface area contributed by atoms with Crippen LogP contribution in [0.25, 0.3) is 93.4 Å². The van der Waals surface area contributed by atoms with Crippen molar-refractivity contribution in [2.75, 3.05) is 0 Å². The number of hydrogen-bond donors (Lipinski definition) is 0. The van der Waals surface area contributed by atoms with Crippen LogP contribution in [0.1, 0.15) is 22.9 Å². The Morgan fingerprint density at radius 1 is 0.429 bits per heavy atom. The van der Waals surface area contributed by atoms with E-state index in [1.807, 2.05) is 48.5 Å². The number of fused-ring (bicyclic) bond motifs is 10. The van der Waals surface area contributed by atoms with Crippen LogP contribution in [0.4, 0.5) is 0 Å². The summed E-state index contributed by atoms with van der Waals surface area (Å²) in [6.45, 7) is 0. The number of aliphatic imine (C=N–C) groups is 2. The van der Waals surface area contributed by atoms with Gasteiger partial charge in [-0.25, -0.2) is 0 Å². The molecule has 9 aromatic carbocycles. The molecule has 0 N–H and O–H groups in total. The van der Waals surface area contributed by atoms with Crippen molar-refractivity contribution in [2.24, 2.45) is 9.98 Å². The molecule has 1 aliphatic rings. The number of hydrogen-bond acceptors (Lipinski definition) is 3. The third-order valence-electron chi connectivity index (χ3n) is 12.5. The second-order valence-corrected chi connectivity index (χ2v) is 16.1. The minimum Gasteiger partial charge on any atom is -0.456 e. The van der Waals surface area contributed by atoms with Crippen LogP contribution >= 0.6 is 0 Å². The summed E-state index contributed by atoms with van der Waals surface area (Å²) >= 11 is 0. The van der Waals surface area contributed by atoms with E-state index in [1.165, 1.54) is 32.6 Å². The summed E-state index contributed by atoms with van der Waals surface area (Å²) in [7, 11) is 0. The Morgan fingerprint density at radius 3 is 1.76 bits per heavy atom. The SMILES string of the molecule is c1ccc(C2=NC(c3ccc(-n4c5ccccc5c5ccc6oc7ccc(-c8cccc9c%10ccccc%10n(-c%10ccccc%10)c89)cc7c6c54)cc3)=NC(c3ccccc3)[N-]2)cc1. The summed E-state index contributed by atoms with van der Waals surface area (Å²) < 4.78 is 11.5. The highest BCUT2D eigenvalue weighted by Gasteiger charge is 2.22. The van der Waals surface area contributed by atoms with E-state index in [0.717, 1.165) is 72.2 Å². The van der Waals surface area contributed by atoms with E-state index < -0.39 is 6.17 Å². The zero-order valence-corrected chi connectivity index (χ0v) is 33.9. The molecule has 0 aliphatic carbocycles. The van der Waals surface area contributed by atoms with Gasteiger partial charge in [0, 0.05) is 43.9 Å². The average molecular weight is 807 g/mol. The van der Waals surface area contributed by atoms with Crippen molar-refractivity contribution in [3.05, 3.63) is 234 Å². The number of nitrogens with zero attached hydrogens (tertiary/aromatic N) is 5. The highest BCUT2D eigenvalue weighted by atomic mass is 16.3. The predicted octanol–water partition coefficient (Wildman–Crippen LogP) is 14.7. The molecule has 0 radical (unpaired) electrons. The van der Waals surface area contributed by atoms with Crippen molar-refractivity contribution in [2.45, 2.75) is 6.17 Å². The Bertz CT molecular complexity index is 3800. The van der Waals surface area contributed by atoms with Crippen molar-refractivity contribution in [3.63, 3.8) is 0 Å². The lowest BCUT2D eigenvalue weighted by Crippen LogP contribution is -2.15. The Morgan fingerprint density at radius 2 is 1.02 bits per heavy atom. The fourth-order valence-corrected chi connectivity index (χ4v) is 9.67. The summed E-state index contributed by atoms with van der Waals surface area (Å²) in [5.41, 5.74) is 13.7. The molecule has 0 bridgehead atoms. The highest BCUT2D eigenvalue weighted by Crippen LogP contribution is 2.44. The van der Waals surface area contributed by atoms with Crippen molar-refractivity contribution >= 4 is 77.2 Å². The molecule has 0 saturated carbocycles. The minimum atomic E-state index is -0.396. The normalized spacial score (nSPS) is 14.2. The van der Waals surface area contributed by atoms with Crippen LogP contribution in [-0.2, 0) is 0 Å². The zero-order valence-electron chi connectivity index (χ0n) is 33.9. The highest BCUT2D eigenvalue weighted by molar-refractivity contribution is 6.25. The molecule has 4 heterocycles. The molecule has 1 unspecified atom stereocenters. The number of amidine groups is 2. The summed E-state index contributed by atoms with van der Waals surface area (Å²) in [6.07, 6.45) is -0.396. The topological polar surface area (TPSA) is 61.8 Å². The second kappa shape index (κ2) is 14.0. The average Bonchev–Trinajstić information content (AvgIpc) is 4.02. The Kier molecular flexibility index (Phi) is 7.87. The molecule has 63 heavy (non-hydrogen) atoms.